The maximum atomic E-state index is 12.8. The average Bonchev–Trinajstić information content (AvgIpc) is 2.25. The van der Waals surface area contributed by atoms with E-state index in [9.17, 15) is 26.3 Å². The van der Waals surface area contributed by atoms with E-state index in [0.29, 0.717) is 12.1 Å². The maximum absolute atomic E-state index is 12.8. The second kappa shape index (κ2) is 4.29. The molecule has 2 rings (SSSR count). The van der Waals surface area contributed by atoms with E-state index >= 15 is 0 Å². The molecule has 0 saturated heterocycles. The number of fused-ring (bicyclic) bond motifs is 1. The van der Waals surface area contributed by atoms with Crippen LogP contribution in [0, 0.1) is 0 Å². The third kappa shape index (κ3) is 2.49. The van der Waals surface area contributed by atoms with Crippen LogP contribution in [-0.2, 0) is 12.4 Å². The van der Waals surface area contributed by atoms with Gasteiger partial charge in [-0.25, -0.2) is 0 Å². The molecule has 0 aliphatic carbocycles. The topological polar surface area (TPSA) is 35.2 Å². The molecule has 0 spiro atoms. The summed E-state index contributed by atoms with van der Waals surface area (Å²) in [4.78, 5) is 0. The molecule has 1 aromatic rings. The van der Waals surface area contributed by atoms with Crippen molar-refractivity contribution in [3.63, 3.8) is 0 Å². The summed E-state index contributed by atoms with van der Waals surface area (Å²) in [7, 11) is 0. The highest BCUT2D eigenvalue weighted by molar-refractivity contribution is 5.51. The van der Waals surface area contributed by atoms with Crippen LogP contribution in [0.15, 0.2) is 12.1 Å². The highest BCUT2D eigenvalue weighted by Crippen LogP contribution is 2.47. The van der Waals surface area contributed by atoms with Gasteiger partial charge in [-0.15, -0.1) is 0 Å². The van der Waals surface area contributed by atoms with Crippen LogP contribution in [-0.4, -0.2) is 6.61 Å². The van der Waals surface area contributed by atoms with Gasteiger partial charge in [0.2, 0.25) is 0 Å². The van der Waals surface area contributed by atoms with Crippen LogP contribution >= 0.6 is 0 Å². The molecule has 1 aliphatic rings. The molecule has 0 fully saturated rings. The highest BCUT2D eigenvalue weighted by Gasteiger charge is 2.43. The third-order valence-corrected chi connectivity index (χ3v) is 2.85. The summed E-state index contributed by atoms with van der Waals surface area (Å²) in [6, 6.07) is -0.349. The number of halogens is 6. The Balaban J connectivity index is 2.71. The molecule has 8 heteroatoms. The number of alkyl halides is 6. The molecule has 0 aromatic heterocycles. The van der Waals surface area contributed by atoms with E-state index in [1.807, 2.05) is 0 Å². The zero-order valence-corrected chi connectivity index (χ0v) is 9.40. The molecule has 2 nitrogen and oxygen atoms in total. The molecule has 0 saturated carbocycles. The lowest BCUT2D eigenvalue weighted by molar-refractivity contribution is -0.143. The van der Waals surface area contributed by atoms with Crippen molar-refractivity contribution in [1.29, 1.82) is 0 Å². The Bertz CT molecular complexity index is 493. The minimum absolute atomic E-state index is 0.0391. The first-order valence-electron chi connectivity index (χ1n) is 5.32. The second-order valence-corrected chi connectivity index (χ2v) is 4.14. The van der Waals surface area contributed by atoms with Crippen molar-refractivity contribution in [2.45, 2.75) is 24.8 Å². The molecular formula is C11H9F6NO. The van der Waals surface area contributed by atoms with E-state index in [0.717, 1.165) is 0 Å². The number of hydrogen-bond donors (Lipinski definition) is 1. The molecule has 1 atom stereocenters. The molecule has 0 amide bonds. The lowest BCUT2D eigenvalue weighted by atomic mass is 9.92. The lowest BCUT2D eigenvalue weighted by Crippen LogP contribution is -2.27. The summed E-state index contributed by atoms with van der Waals surface area (Å²) in [5.74, 6) is -0.805. The van der Waals surface area contributed by atoms with Crippen molar-refractivity contribution >= 4 is 0 Å². The number of benzene rings is 1. The van der Waals surface area contributed by atoms with Gasteiger partial charge in [-0.05, 0) is 12.1 Å². The zero-order valence-electron chi connectivity index (χ0n) is 9.40. The fourth-order valence-electron chi connectivity index (χ4n) is 2.03. The van der Waals surface area contributed by atoms with Crippen LogP contribution in [0.2, 0.25) is 0 Å². The van der Waals surface area contributed by atoms with Crippen molar-refractivity contribution in [2.24, 2.45) is 5.73 Å². The molecule has 0 bridgehead atoms. The summed E-state index contributed by atoms with van der Waals surface area (Å²) < 4.78 is 81.3. The third-order valence-electron chi connectivity index (χ3n) is 2.85. The van der Waals surface area contributed by atoms with Gasteiger partial charge in [-0.2, -0.15) is 26.3 Å². The van der Waals surface area contributed by atoms with Crippen LogP contribution in [0.5, 0.6) is 5.75 Å². The van der Waals surface area contributed by atoms with Crippen LogP contribution in [0.1, 0.15) is 29.2 Å². The highest BCUT2D eigenvalue weighted by atomic mass is 19.4. The van der Waals surface area contributed by atoms with Gasteiger partial charge in [0, 0.05) is 18.0 Å². The summed E-state index contributed by atoms with van der Waals surface area (Å²) in [5, 5.41) is 0. The van der Waals surface area contributed by atoms with E-state index in [2.05, 4.69) is 0 Å². The Morgan fingerprint density at radius 3 is 2.05 bits per heavy atom. The first-order valence-corrected chi connectivity index (χ1v) is 5.32. The fourth-order valence-corrected chi connectivity index (χ4v) is 2.03. The van der Waals surface area contributed by atoms with Gasteiger partial charge in [-0.1, -0.05) is 0 Å². The minimum atomic E-state index is -4.79. The van der Waals surface area contributed by atoms with Gasteiger partial charge >= 0.3 is 12.4 Å². The molecule has 106 valence electrons. The minimum Gasteiger partial charge on any atom is -0.493 e. The van der Waals surface area contributed by atoms with Crippen molar-refractivity contribution in [3.8, 4) is 5.75 Å². The summed E-state index contributed by atoms with van der Waals surface area (Å²) in [6.07, 6.45) is -9.52. The van der Waals surface area contributed by atoms with Crippen LogP contribution in [0.25, 0.3) is 0 Å². The van der Waals surface area contributed by atoms with E-state index in [1.165, 1.54) is 0 Å². The van der Waals surface area contributed by atoms with E-state index in [-0.39, 0.29) is 13.0 Å². The van der Waals surface area contributed by atoms with Crippen molar-refractivity contribution in [3.05, 3.63) is 28.8 Å². The van der Waals surface area contributed by atoms with Crippen LogP contribution < -0.4 is 10.5 Å². The van der Waals surface area contributed by atoms with E-state index in [1.54, 1.807) is 0 Å². The number of ether oxygens (including phenoxy) is 1. The Morgan fingerprint density at radius 2 is 1.53 bits per heavy atom. The summed E-state index contributed by atoms with van der Waals surface area (Å²) in [6.45, 7) is -0.140. The first kappa shape index (κ1) is 14.0. The lowest BCUT2D eigenvalue weighted by Gasteiger charge is -2.28. The quantitative estimate of drug-likeness (QED) is 0.740. The monoisotopic (exact) mass is 285 g/mol. The maximum Gasteiger partial charge on any atom is 0.419 e. The molecular weight excluding hydrogens is 276 g/mol. The van der Waals surface area contributed by atoms with Crippen LogP contribution in [0.4, 0.5) is 26.3 Å². The van der Waals surface area contributed by atoms with Gasteiger partial charge in [0.1, 0.15) is 5.75 Å². The number of nitrogens with two attached hydrogens (primary N) is 1. The van der Waals surface area contributed by atoms with Crippen molar-refractivity contribution in [2.75, 3.05) is 6.61 Å². The molecule has 19 heavy (non-hydrogen) atoms. The Labute approximate surface area is 104 Å². The summed E-state index contributed by atoms with van der Waals surface area (Å²) >= 11 is 0. The zero-order chi connectivity index (χ0) is 14.4. The second-order valence-electron chi connectivity index (χ2n) is 4.14. The molecule has 1 aliphatic heterocycles. The Kier molecular flexibility index (Phi) is 3.16. The first-order chi connectivity index (χ1) is 8.62. The van der Waals surface area contributed by atoms with Gasteiger partial charge in [-0.3, -0.25) is 0 Å². The van der Waals surface area contributed by atoms with Crippen molar-refractivity contribution in [1.82, 2.24) is 0 Å². The fraction of sp³-hybridized carbons (Fsp3) is 0.455. The molecule has 2 N–H and O–H groups in total. The molecule has 1 aromatic carbocycles. The van der Waals surface area contributed by atoms with E-state index < -0.39 is 40.8 Å². The smallest absolute Gasteiger partial charge is 0.419 e. The summed E-state index contributed by atoms with van der Waals surface area (Å²) in [5.41, 5.74) is 2.48. The van der Waals surface area contributed by atoms with Crippen LogP contribution in [0.3, 0.4) is 0 Å². The number of rotatable bonds is 0. The molecule has 0 radical (unpaired) electrons. The normalized spacial score (nSPS) is 19.8. The van der Waals surface area contributed by atoms with E-state index in [4.69, 9.17) is 10.5 Å². The Hall–Kier alpha value is -1.44. The molecule has 1 heterocycles. The van der Waals surface area contributed by atoms with Gasteiger partial charge in [0.15, 0.2) is 0 Å². The standard InChI is InChI=1S/C11H9F6NO/c12-10(13,14)5-1-2-6(11(15,16)17)9-8(5)7(18)3-4-19-9/h1-2,7H,3-4,18H2. The largest absolute Gasteiger partial charge is 0.493 e. The Morgan fingerprint density at radius 1 is 1.00 bits per heavy atom. The SMILES string of the molecule is NC1CCOc2c(C(F)(F)F)ccc(C(F)(F)F)c21. The predicted molar refractivity (Wildman–Crippen MR) is 53.5 cm³/mol. The average molecular weight is 285 g/mol. The van der Waals surface area contributed by atoms with Crippen molar-refractivity contribution < 1.29 is 31.1 Å². The predicted octanol–water partition coefficient (Wildman–Crippen LogP) is 3.51. The van der Waals surface area contributed by atoms with Gasteiger partial charge in [0.05, 0.1) is 17.7 Å². The number of hydrogen-bond acceptors (Lipinski definition) is 2. The molecule has 1 unspecified atom stereocenters. The van der Waals surface area contributed by atoms with Gasteiger partial charge < -0.3 is 10.5 Å². The van der Waals surface area contributed by atoms with Gasteiger partial charge in [0.25, 0.3) is 0 Å².